The Hall–Kier alpha value is -0.370. The molecule has 1 aliphatic carbocycles. The van der Waals surface area contributed by atoms with Crippen LogP contribution in [0.3, 0.4) is 0 Å². The molecule has 0 aromatic rings. The van der Waals surface area contributed by atoms with Crippen LogP contribution in [-0.2, 0) is 9.53 Å². The van der Waals surface area contributed by atoms with E-state index in [1.54, 1.807) is 0 Å². The Morgan fingerprint density at radius 2 is 2.00 bits per heavy atom. The summed E-state index contributed by atoms with van der Waals surface area (Å²) >= 11 is 0. The van der Waals surface area contributed by atoms with E-state index in [1.165, 1.54) is 12.8 Å². The number of ether oxygens (including phenoxy) is 1. The van der Waals surface area contributed by atoms with E-state index >= 15 is 0 Å². The summed E-state index contributed by atoms with van der Waals surface area (Å²) in [5, 5.41) is 0. The average molecular weight is 170 g/mol. The number of carbonyl (C=O) groups is 1. The number of hydrogen-bond donors (Lipinski definition) is 0. The van der Waals surface area contributed by atoms with Gasteiger partial charge in [0.25, 0.3) is 0 Å². The van der Waals surface area contributed by atoms with Crippen LogP contribution in [0.5, 0.6) is 0 Å². The standard InChI is InChI=1S/C10H18O2/c1-10(2,3)9(11)7-12-6-8-4-5-8/h8H,4-7H2,1-3H3. The monoisotopic (exact) mass is 170 g/mol. The highest BCUT2D eigenvalue weighted by molar-refractivity contribution is 5.84. The van der Waals surface area contributed by atoms with Gasteiger partial charge in [0.05, 0.1) is 0 Å². The zero-order valence-electron chi connectivity index (χ0n) is 8.22. The molecular weight excluding hydrogens is 152 g/mol. The van der Waals surface area contributed by atoms with E-state index < -0.39 is 0 Å². The second kappa shape index (κ2) is 3.56. The van der Waals surface area contributed by atoms with Crippen molar-refractivity contribution >= 4 is 5.78 Å². The lowest BCUT2D eigenvalue weighted by atomic mass is 9.91. The number of ketones is 1. The Morgan fingerprint density at radius 3 is 2.42 bits per heavy atom. The fraction of sp³-hybridized carbons (Fsp3) is 0.900. The highest BCUT2D eigenvalue weighted by atomic mass is 16.5. The van der Waals surface area contributed by atoms with Crippen molar-refractivity contribution in [1.82, 2.24) is 0 Å². The van der Waals surface area contributed by atoms with Gasteiger partial charge in [-0.1, -0.05) is 20.8 Å². The smallest absolute Gasteiger partial charge is 0.163 e. The average Bonchev–Trinajstić information content (AvgIpc) is 2.69. The van der Waals surface area contributed by atoms with Crippen molar-refractivity contribution in [2.45, 2.75) is 33.6 Å². The Balaban J connectivity index is 2.08. The van der Waals surface area contributed by atoms with Crippen LogP contribution in [0.25, 0.3) is 0 Å². The molecule has 2 heteroatoms. The van der Waals surface area contributed by atoms with Crippen molar-refractivity contribution in [3.05, 3.63) is 0 Å². The summed E-state index contributed by atoms with van der Waals surface area (Å²) in [4.78, 5) is 11.3. The lowest BCUT2D eigenvalue weighted by Gasteiger charge is -2.16. The van der Waals surface area contributed by atoms with Gasteiger partial charge in [-0.05, 0) is 18.8 Å². The first-order valence-electron chi connectivity index (χ1n) is 4.61. The maximum absolute atomic E-state index is 11.3. The number of Topliss-reactive ketones (excluding diaryl/α,β-unsaturated/α-hetero) is 1. The molecular formula is C10H18O2. The molecule has 0 bridgehead atoms. The molecule has 0 aliphatic heterocycles. The van der Waals surface area contributed by atoms with Crippen LogP contribution < -0.4 is 0 Å². The third kappa shape index (κ3) is 3.35. The van der Waals surface area contributed by atoms with Gasteiger partial charge in [0.15, 0.2) is 5.78 Å². The predicted octanol–water partition coefficient (Wildman–Crippen LogP) is 2.03. The SMILES string of the molecule is CC(C)(C)C(=O)COCC1CC1. The van der Waals surface area contributed by atoms with Crippen LogP contribution in [0.15, 0.2) is 0 Å². The third-order valence-electron chi connectivity index (χ3n) is 2.12. The summed E-state index contributed by atoms with van der Waals surface area (Å²) in [5.41, 5.74) is -0.246. The molecule has 12 heavy (non-hydrogen) atoms. The molecule has 1 rings (SSSR count). The van der Waals surface area contributed by atoms with Crippen LogP contribution >= 0.6 is 0 Å². The van der Waals surface area contributed by atoms with Crippen molar-refractivity contribution < 1.29 is 9.53 Å². The van der Waals surface area contributed by atoms with Gasteiger partial charge in [-0.15, -0.1) is 0 Å². The number of rotatable bonds is 4. The summed E-state index contributed by atoms with van der Waals surface area (Å²) < 4.78 is 5.30. The van der Waals surface area contributed by atoms with E-state index in [4.69, 9.17) is 4.74 Å². The molecule has 0 heterocycles. The molecule has 70 valence electrons. The minimum absolute atomic E-state index is 0.197. The molecule has 1 saturated carbocycles. The molecule has 0 saturated heterocycles. The van der Waals surface area contributed by atoms with Crippen molar-refractivity contribution in [2.24, 2.45) is 11.3 Å². The summed E-state index contributed by atoms with van der Waals surface area (Å²) in [7, 11) is 0. The highest BCUT2D eigenvalue weighted by Crippen LogP contribution is 2.28. The van der Waals surface area contributed by atoms with Gasteiger partial charge in [-0.3, -0.25) is 4.79 Å². The fourth-order valence-corrected chi connectivity index (χ4v) is 0.819. The maximum Gasteiger partial charge on any atom is 0.163 e. The minimum atomic E-state index is -0.246. The third-order valence-corrected chi connectivity index (χ3v) is 2.12. The first-order chi connectivity index (χ1) is 5.50. The first-order valence-corrected chi connectivity index (χ1v) is 4.61. The van der Waals surface area contributed by atoms with Gasteiger partial charge < -0.3 is 4.74 Å². The van der Waals surface area contributed by atoms with Crippen molar-refractivity contribution in [3.63, 3.8) is 0 Å². The zero-order valence-corrected chi connectivity index (χ0v) is 8.22. The van der Waals surface area contributed by atoms with Crippen LogP contribution in [0.1, 0.15) is 33.6 Å². The molecule has 1 aliphatic rings. The molecule has 0 unspecified atom stereocenters. The summed E-state index contributed by atoms with van der Waals surface area (Å²) in [6, 6.07) is 0. The summed E-state index contributed by atoms with van der Waals surface area (Å²) in [6.45, 7) is 6.85. The molecule has 0 aromatic heterocycles. The first kappa shape index (κ1) is 9.72. The van der Waals surface area contributed by atoms with Gasteiger partial charge in [-0.25, -0.2) is 0 Å². The largest absolute Gasteiger partial charge is 0.373 e. The molecule has 0 aromatic carbocycles. The van der Waals surface area contributed by atoms with E-state index in [9.17, 15) is 4.79 Å². The van der Waals surface area contributed by atoms with Gasteiger partial charge in [0, 0.05) is 12.0 Å². The van der Waals surface area contributed by atoms with Gasteiger partial charge in [0.2, 0.25) is 0 Å². The second-order valence-electron chi connectivity index (χ2n) is 4.63. The quantitative estimate of drug-likeness (QED) is 0.645. The Morgan fingerprint density at radius 1 is 1.42 bits per heavy atom. The van der Waals surface area contributed by atoms with Crippen molar-refractivity contribution in [3.8, 4) is 0 Å². The van der Waals surface area contributed by atoms with Gasteiger partial charge in [-0.2, -0.15) is 0 Å². The lowest BCUT2D eigenvalue weighted by Crippen LogP contribution is -2.25. The van der Waals surface area contributed by atoms with Crippen molar-refractivity contribution in [2.75, 3.05) is 13.2 Å². The number of hydrogen-bond acceptors (Lipinski definition) is 2. The maximum atomic E-state index is 11.3. The van der Waals surface area contributed by atoms with E-state index in [0.717, 1.165) is 12.5 Å². The minimum Gasteiger partial charge on any atom is -0.373 e. The molecule has 0 radical (unpaired) electrons. The second-order valence-corrected chi connectivity index (χ2v) is 4.63. The molecule has 0 spiro atoms. The normalized spacial score (nSPS) is 17.9. The van der Waals surface area contributed by atoms with Crippen LogP contribution in [0.4, 0.5) is 0 Å². The molecule has 0 N–H and O–H groups in total. The highest BCUT2D eigenvalue weighted by Gasteiger charge is 2.24. The van der Waals surface area contributed by atoms with E-state index in [1.807, 2.05) is 20.8 Å². The lowest BCUT2D eigenvalue weighted by molar-refractivity contribution is -0.131. The van der Waals surface area contributed by atoms with Crippen molar-refractivity contribution in [1.29, 1.82) is 0 Å². The predicted molar refractivity (Wildman–Crippen MR) is 48.0 cm³/mol. The van der Waals surface area contributed by atoms with E-state index in [-0.39, 0.29) is 11.2 Å². The molecule has 1 fully saturated rings. The zero-order chi connectivity index (χ0) is 9.19. The summed E-state index contributed by atoms with van der Waals surface area (Å²) in [5.74, 6) is 0.945. The fourth-order valence-electron chi connectivity index (χ4n) is 0.819. The molecule has 2 nitrogen and oxygen atoms in total. The van der Waals surface area contributed by atoms with E-state index in [2.05, 4.69) is 0 Å². The van der Waals surface area contributed by atoms with Gasteiger partial charge >= 0.3 is 0 Å². The summed E-state index contributed by atoms with van der Waals surface area (Å²) in [6.07, 6.45) is 2.56. The molecule has 0 amide bonds. The number of carbonyl (C=O) groups excluding carboxylic acids is 1. The van der Waals surface area contributed by atoms with Gasteiger partial charge in [0.1, 0.15) is 6.61 Å². The Bertz CT molecular complexity index is 163. The van der Waals surface area contributed by atoms with E-state index in [0.29, 0.717) is 6.61 Å². The van der Waals surface area contributed by atoms with Crippen LogP contribution in [0.2, 0.25) is 0 Å². The van der Waals surface area contributed by atoms with Crippen LogP contribution in [-0.4, -0.2) is 19.0 Å². The Kier molecular flexibility index (Phi) is 2.89. The molecule has 0 atom stereocenters. The Labute approximate surface area is 74.3 Å². The van der Waals surface area contributed by atoms with Crippen LogP contribution in [0, 0.1) is 11.3 Å². The topological polar surface area (TPSA) is 26.3 Å².